The first kappa shape index (κ1) is 20.1. The summed E-state index contributed by atoms with van der Waals surface area (Å²) in [7, 11) is -3.57. The van der Waals surface area contributed by atoms with Crippen LogP contribution in [-0.2, 0) is 16.6 Å². The van der Waals surface area contributed by atoms with Crippen LogP contribution in [0, 0.1) is 6.92 Å². The second-order valence-corrected chi connectivity index (χ2v) is 9.49. The van der Waals surface area contributed by atoms with E-state index in [9.17, 15) is 8.42 Å². The number of piperazine rings is 1. The summed E-state index contributed by atoms with van der Waals surface area (Å²) in [5, 5.41) is 8.94. The number of rotatable bonds is 5. The minimum atomic E-state index is -3.57. The van der Waals surface area contributed by atoms with Crippen molar-refractivity contribution in [1.82, 2.24) is 24.1 Å². The third kappa shape index (κ3) is 4.09. The molecule has 0 amide bonds. The van der Waals surface area contributed by atoms with Crippen molar-refractivity contribution in [3.05, 3.63) is 24.2 Å². The Labute approximate surface area is 172 Å². The first-order chi connectivity index (χ1) is 14.0. The Kier molecular flexibility index (Phi) is 5.73. The Balaban J connectivity index is 1.39. The lowest BCUT2D eigenvalue weighted by Crippen LogP contribution is -2.49. The maximum atomic E-state index is 12.9. The zero-order chi connectivity index (χ0) is 20.4. The molecular formula is C19H29N7O2S. The van der Waals surface area contributed by atoms with E-state index in [0.29, 0.717) is 38.5 Å². The number of hydrogen-bond acceptors (Lipinski definition) is 7. The second kappa shape index (κ2) is 8.27. The van der Waals surface area contributed by atoms with Crippen molar-refractivity contribution >= 4 is 21.7 Å². The summed E-state index contributed by atoms with van der Waals surface area (Å²) in [6, 6.07) is 4.02. The van der Waals surface area contributed by atoms with Gasteiger partial charge in [-0.3, -0.25) is 0 Å². The fourth-order valence-corrected chi connectivity index (χ4v) is 5.41. The topological polar surface area (TPSA) is 87.5 Å². The Bertz CT molecular complexity index is 928. The smallest absolute Gasteiger partial charge is 0.262 e. The third-order valence-electron chi connectivity index (χ3n) is 5.78. The first-order valence-corrected chi connectivity index (χ1v) is 11.8. The predicted octanol–water partition coefficient (Wildman–Crippen LogP) is 1.50. The van der Waals surface area contributed by atoms with Gasteiger partial charge < -0.3 is 14.4 Å². The molecule has 0 aromatic carbocycles. The molecule has 0 radical (unpaired) electrons. The highest BCUT2D eigenvalue weighted by molar-refractivity contribution is 7.89. The van der Waals surface area contributed by atoms with Gasteiger partial charge in [-0.05, 0) is 45.2 Å². The van der Waals surface area contributed by atoms with E-state index in [0.717, 1.165) is 24.7 Å². The quantitative estimate of drug-likeness (QED) is 0.726. The van der Waals surface area contributed by atoms with Crippen molar-refractivity contribution in [2.24, 2.45) is 0 Å². The summed E-state index contributed by atoms with van der Waals surface area (Å²) in [4.78, 5) is 8.62. The van der Waals surface area contributed by atoms with Crippen molar-refractivity contribution in [1.29, 1.82) is 0 Å². The molecule has 0 spiro atoms. The molecule has 2 saturated heterocycles. The van der Waals surface area contributed by atoms with Crippen LogP contribution in [0.4, 0.5) is 11.6 Å². The highest BCUT2D eigenvalue weighted by Crippen LogP contribution is 2.22. The summed E-state index contributed by atoms with van der Waals surface area (Å²) in [6.07, 6.45) is 5.32. The molecule has 29 heavy (non-hydrogen) atoms. The van der Waals surface area contributed by atoms with Gasteiger partial charge in [0.05, 0.1) is 0 Å². The van der Waals surface area contributed by atoms with Gasteiger partial charge in [0.2, 0.25) is 0 Å². The number of piperidine rings is 1. The molecule has 9 nitrogen and oxygen atoms in total. The summed E-state index contributed by atoms with van der Waals surface area (Å²) < 4.78 is 29.2. The summed E-state index contributed by atoms with van der Waals surface area (Å²) >= 11 is 0. The second-order valence-electron chi connectivity index (χ2n) is 7.60. The van der Waals surface area contributed by atoms with E-state index < -0.39 is 10.0 Å². The summed E-state index contributed by atoms with van der Waals surface area (Å²) in [6.45, 7) is 8.58. The minimum Gasteiger partial charge on any atom is -0.355 e. The molecule has 2 aliphatic heterocycles. The molecule has 0 atom stereocenters. The van der Waals surface area contributed by atoms with Gasteiger partial charge in [0.15, 0.2) is 16.7 Å². The van der Waals surface area contributed by atoms with E-state index in [1.54, 1.807) is 6.20 Å². The van der Waals surface area contributed by atoms with Crippen LogP contribution < -0.4 is 9.80 Å². The van der Waals surface area contributed by atoms with Crippen molar-refractivity contribution < 1.29 is 8.42 Å². The molecule has 0 bridgehead atoms. The molecule has 2 aliphatic rings. The lowest BCUT2D eigenvalue weighted by atomic mass is 10.1. The van der Waals surface area contributed by atoms with Gasteiger partial charge >= 0.3 is 0 Å². The monoisotopic (exact) mass is 419 g/mol. The van der Waals surface area contributed by atoms with Gasteiger partial charge in [-0.25, -0.2) is 13.4 Å². The molecule has 10 heteroatoms. The maximum Gasteiger partial charge on any atom is 0.262 e. The lowest BCUT2D eigenvalue weighted by molar-refractivity contribution is 0.382. The lowest BCUT2D eigenvalue weighted by Gasteiger charge is -2.34. The van der Waals surface area contributed by atoms with Crippen molar-refractivity contribution in [2.45, 2.75) is 44.7 Å². The molecule has 2 aromatic rings. The largest absolute Gasteiger partial charge is 0.355 e. The van der Waals surface area contributed by atoms with Crippen LogP contribution in [0.5, 0.6) is 0 Å². The number of aromatic nitrogens is 4. The van der Waals surface area contributed by atoms with E-state index in [-0.39, 0.29) is 5.03 Å². The minimum absolute atomic E-state index is 0.135. The number of anilines is 2. The maximum absolute atomic E-state index is 12.9. The van der Waals surface area contributed by atoms with E-state index >= 15 is 0 Å². The highest BCUT2D eigenvalue weighted by atomic mass is 32.2. The van der Waals surface area contributed by atoms with E-state index in [2.05, 4.69) is 25.0 Å². The molecule has 0 aliphatic carbocycles. The Morgan fingerprint density at radius 2 is 1.48 bits per heavy atom. The molecule has 4 rings (SSSR count). The fourth-order valence-electron chi connectivity index (χ4n) is 3.99. The van der Waals surface area contributed by atoms with Crippen molar-refractivity contribution in [2.75, 3.05) is 49.1 Å². The van der Waals surface area contributed by atoms with Gasteiger partial charge in [-0.1, -0.05) is 0 Å². The van der Waals surface area contributed by atoms with Gasteiger partial charge in [-0.15, -0.1) is 10.2 Å². The van der Waals surface area contributed by atoms with Crippen LogP contribution in [0.25, 0.3) is 0 Å². The van der Waals surface area contributed by atoms with E-state index in [4.69, 9.17) is 0 Å². The molecule has 158 valence electrons. The van der Waals surface area contributed by atoms with Crippen LogP contribution >= 0.6 is 0 Å². The number of aryl methyl sites for hydroxylation is 2. The van der Waals surface area contributed by atoms with E-state index in [1.807, 2.05) is 30.5 Å². The third-order valence-corrected chi connectivity index (χ3v) is 7.55. The first-order valence-electron chi connectivity index (χ1n) is 10.4. The van der Waals surface area contributed by atoms with Gasteiger partial charge in [0, 0.05) is 52.0 Å². The van der Waals surface area contributed by atoms with E-state index in [1.165, 1.54) is 23.6 Å². The van der Waals surface area contributed by atoms with Crippen LogP contribution in [0.15, 0.2) is 23.4 Å². The average molecular weight is 420 g/mol. The molecule has 2 aromatic heterocycles. The molecule has 0 unspecified atom stereocenters. The van der Waals surface area contributed by atoms with Crippen LogP contribution in [-0.4, -0.2) is 71.7 Å². The average Bonchev–Trinajstić information content (AvgIpc) is 3.16. The molecule has 0 N–H and O–H groups in total. The zero-order valence-corrected chi connectivity index (χ0v) is 18.0. The highest BCUT2D eigenvalue weighted by Gasteiger charge is 2.31. The van der Waals surface area contributed by atoms with Crippen LogP contribution in [0.2, 0.25) is 0 Å². The Morgan fingerprint density at radius 3 is 2.00 bits per heavy atom. The van der Waals surface area contributed by atoms with Crippen LogP contribution in [0.3, 0.4) is 0 Å². The Morgan fingerprint density at radius 1 is 0.897 bits per heavy atom. The standard InChI is InChI=1S/C19H29N7O2S/c1-3-23-15-19(20-16(23)2)29(27,28)26-13-11-25(12-14-26)18-8-7-17(21-22-18)24-9-5-4-6-10-24/h7-8,15H,3-6,9-14H2,1-2H3. The molecule has 4 heterocycles. The molecule has 0 saturated carbocycles. The van der Waals surface area contributed by atoms with Gasteiger partial charge in [-0.2, -0.15) is 4.31 Å². The zero-order valence-electron chi connectivity index (χ0n) is 17.2. The number of nitrogens with zero attached hydrogens (tertiary/aromatic N) is 7. The molecular weight excluding hydrogens is 390 g/mol. The van der Waals surface area contributed by atoms with Gasteiger partial charge in [0.1, 0.15) is 5.82 Å². The Hall–Kier alpha value is -2.20. The van der Waals surface area contributed by atoms with Crippen molar-refractivity contribution in [3.8, 4) is 0 Å². The summed E-state index contributed by atoms with van der Waals surface area (Å²) in [5.74, 6) is 2.44. The number of imidazole rings is 1. The normalized spacial score (nSPS) is 19.0. The van der Waals surface area contributed by atoms with Gasteiger partial charge in [0.25, 0.3) is 10.0 Å². The number of sulfonamides is 1. The van der Waals surface area contributed by atoms with Crippen molar-refractivity contribution in [3.63, 3.8) is 0 Å². The fraction of sp³-hybridized carbons (Fsp3) is 0.632. The predicted molar refractivity (Wildman–Crippen MR) is 112 cm³/mol. The number of hydrogen-bond donors (Lipinski definition) is 0. The summed E-state index contributed by atoms with van der Waals surface area (Å²) in [5.41, 5.74) is 0. The SMILES string of the molecule is CCn1cc(S(=O)(=O)N2CCN(c3ccc(N4CCCCC4)nn3)CC2)nc1C. The molecule has 2 fully saturated rings. The van der Waals surface area contributed by atoms with Crippen LogP contribution in [0.1, 0.15) is 32.0 Å².